The molecule has 3 nitrogen and oxygen atoms in total. The Morgan fingerprint density at radius 1 is 1.62 bits per heavy atom. The maximum absolute atomic E-state index is 5.85. The molecule has 13 heavy (non-hydrogen) atoms. The fourth-order valence-corrected chi connectivity index (χ4v) is 0.975. The van der Waals surface area contributed by atoms with Gasteiger partial charge in [0, 0.05) is 6.54 Å². The van der Waals surface area contributed by atoms with Gasteiger partial charge in [0.25, 0.3) is 0 Å². The van der Waals surface area contributed by atoms with E-state index in [9.17, 15) is 0 Å². The highest BCUT2D eigenvalue weighted by atomic mass is 15.3. The highest BCUT2D eigenvalue weighted by molar-refractivity contribution is 4.81. The Labute approximate surface area is 81.3 Å². The summed E-state index contributed by atoms with van der Waals surface area (Å²) in [6, 6.07) is 0. The molecule has 1 atom stereocenters. The molecule has 0 radical (unpaired) electrons. The third kappa shape index (κ3) is 5.31. The molecule has 0 aromatic heterocycles. The molecule has 0 rings (SSSR count). The summed E-state index contributed by atoms with van der Waals surface area (Å²) >= 11 is 0. The first kappa shape index (κ1) is 12.0. The molecule has 0 fully saturated rings. The molecule has 0 aromatic carbocycles. The molecule has 0 saturated heterocycles. The fraction of sp³-hybridized carbons (Fsp3) is 0.600. The minimum Gasteiger partial charge on any atom is -0.360 e. The molecule has 0 heterocycles. The topological polar surface area (TPSA) is 41.3 Å². The van der Waals surface area contributed by atoms with E-state index < -0.39 is 0 Å². The van der Waals surface area contributed by atoms with Crippen LogP contribution in [0.2, 0.25) is 0 Å². The summed E-state index contributed by atoms with van der Waals surface area (Å²) < 4.78 is 0. The first-order valence-corrected chi connectivity index (χ1v) is 4.77. The van der Waals surface area contributed by atoms with Crippen LogP contribution in [0, 0.1) is 0 Å². The normalized spacial score (nSPS) is 12.8. The maximum Gasteiger partial charge on any atom is 0.152 e. The molecule has 0 spiro atoms. The van der Waals surface area contributed by atoms with E-state index in [1.165, 1.54) is 6.42 Å². The standard InChI is InChI=1S/C10H21N3/c1-4-7-9-13(6-3)10(11)12-8-5-2/h5-6,8,10,12H,3-4,7,9,11H2,1-2H3/b8-5+. The van der Waals surface area contributed by atoms with E-state index in [4.69, 9.17) is 5.73 Å². The van der Waals surface area contributed by atoms with E-state index in [0.717, 1.165) is 13.0 Å². The lowest BCUT2D eigenvalue weighted by Crippen LogP contribution is -2.47. The first-order chi connectivity index (χ1) is 6.26. The van der Waals surface area contributed by atoms with Crippen molar-refractivity contribution < 1.29 is 0 Å². The second-order valence-corrected chi connectivity index (χ2v) is 2.89. The van der Waals surface area contributed by atoms with Gasteiger partial charge in [-0.15, -0.1) is 0 Å². The minimum absolute atomic E-state index is 0.166. The zero-order valence-corrected chi connectivity index (χ0v) is 8.66. The third-order valence-corrected chi connectivity index (χ3v) is 1.80. The Bertz CT molecular complexity index is 154. The Morgan fingerprint density at radius 3 is 2.77 bits per heavy atom. The molecule has 3 heteroatoms. The highest BCUT2D eigenvalue weighted by Crippen LogP contribution is 1.96. The number of nitrogens with two attached hydrogens (primary N) is 1. The molecule has 3 N–H and O–H groups in total. The zero-order valence-electron chi connectivity index (χ0n) is 8.66. The summed E-state index contributed by atoms with van der Waals surface area (Å²) in [6.07, 6.45) is 7.67. The van der Waals surface area contributed by atoms with Gasteiger partial charge in [-0.25, -0.2) is 0 Å². The Hall–Kier alpha value is -0.960. The summed E-state index contributed by atoms with van der Waals surface area (Å²) in [5.74, 6) is 0. The van der Waals surface area contributed by atoms with Crippen molar-refractivity contribution in [2.24, 2.45) is 5.73 Å². The molecule has 0 saturated carbocycles. The van der Waals surface area contributed by atoms with Crippen molar-refractivity contribution in [3.8, 4) is 0 Å². The average Bonchev–Trinajstić information content (AvgIpc) is 2.16. The van der Waals surface area contributed by atoms with E-state index in [1.54, 1.807) is 6.20 Å². The third-order valence-electron chi connectivity index (χ3n) is 1.80. The fourth-order valence-electron chi connectivity index (χ4n) is 0.975. The summed E-state index contributed by atoms with van der Waals surface area (Å²) in [6.45, 7) is 8.78. The molecule has 0 bridgehead atoms. The highest BCUT2D eigenvalue weighted by Gasteiger charge is 2.05. The van der Waals surface area contributed by atoms with Gasteiger partial charge >= 0.3 is 0 Å². The van der Waals surface area contributed by atoms with E-state index >= 15 is 0 Å². The molecule has 0 aliphatic heterocycles. The number of nitrogens with zero attached hydrogens (tertiary/aromatic N) is 1. The van der Waals surface area contributed by atoms with Crippen molar-refractivity contribution in [1.82, 2.24) is 10.2 Å². The summed E-state index contributed by atoms with van der Waals surface area (Å²) in [7, 11) is 0. The van der Waals surface area contributed by atoms with Crippen molar-refractivity contribution in [3.05, 3.63) is 25.1 Å². The van der Waals surface area contributed by atoms with E-state index in [-0.39, 0.29) is 6.29 Å². The van der Waals surface area contributed by atoms with Crippen LogP contribution >= 0.6 is 0 Å². The Kier molecular flexibility index (Phi) is 7.11. The van der Waals surface area contributed by atoms with Gasteiger partial charge in [-0.1, -0.05) is 26.0 Å². The van der Waals surface area contributed by atoms with Crippen LogP contribution in [0.1, 0.15) is 26.7 Å². The predicted molar refractivity (Wildman–Crippen MR) is 57.7 cm³/mol. The molecule has 0 amide bonds. The average molecular weight is 183 g/mol. The van der Waals surface area contributed by atoms with Crippen molar-refractivity contribution in [2.75, 3.05) is 6.54 Å². The number of allylic oxidation sites excluding steroid dienone is 1. The minimum atomic E-state index is -0.166. The van der Waals surface area contributed by atoms with Crippen LogP contribution in [0.3, 0.4) is 0 Å². The monoisotopic (exact) mass is 183 g/mol. The van der Waals surface area contributed by atoms with Gasteiger partial charge in [-0.2, -0.15) is 0 Å². The van der Waals surface area contributed by atoms with E-state index in [2.05, 4.69) is 18.8 Å². The molecule has 0 aromatic rings. The SMILES string of the molecule is C=CN(CCCC)C(N)N/C=C/C. The molecular weight excluding hydrogens is 162 g/mol. The van der Waals surface area contributed by atoms with Crippen LogP contribution in [-0.2, 0) is 0 Å². The number of hydrogen-bond donors (Lipinski definition) is 2. The number of rotatable bonds is 7. The van der Waals surface area contributed by atoms with Crippen LogP contribution in [0.15, 0.2) is 25.1 Å². The van der Waals surface area contributed by atoms with Crippen LogP contribution in [-0.4, -0.2) is 17.7 Å². The maximum atomic E-state index is 5.85. The number of unbranched alkanes of at least 4 members (excludes halogenated alkanes) is 1. The van der Waals surface area contributed by atoms with E-state index in [0.29, 0.717) is 0 Å². The molecule has 1 unspecified atom stereocenters. The van der Waals surface area contributed by atoms with Crippen LogP contribution in [0.5, 0.6) is 0 Å². The van der Waals surface area contributed by atoms with Gasteiger partial charge in [0.1, 0.15) is 0 Å². The predicted octanol–water partition coefficient (Wildman–Crippen LogP) is 1.60. The van der Waals surface area contributed by atoms with Crippen molar-refractivity contribution >= 4 is 0 Å². The van der Waals surface area contributed by atoms with Gasteiger partial charge in [0.2, 0.25) is 0 Å². The van der Waals surface area contributed by atoms with Gasteiger partial charge in [0.05, 0.1) is 0 Å². The lowest BCUT2D eigenvalue weighted by molar-refractivity contribution is 0.255. The van der Waals surface area contributed by atoms with Gasteiger partial charge < -0.3 is 10.2 Å². The van der Waals surface area contributed by atoms with Gasteiger partial charge in [0.15, 0.2) is 6.29 Å². The first-order valence-electron chi connectivity index (χ1n) is 4.77. The summed E-state index contributed by atoms with van der Waals surface area (Å²) in [5, 5.41) is 3.04. The molecule has 0 aliphatic rings. The smallest absolute Gasteiger partial charge is 0.152 e. The summed E-state index contributed by atoms with van der Waals surface area (Å²) in [5.41, 5.74) is 5.85. The van der Waals surface area contributed by atoms with Crippen molar-refractivity contribution in [2.45, 2.75) is 33.0 Å². The van der Waals surface area contributed by atoms with Crippen molar-refractivity contribution in [3.63, 3.8) is 0 Å². The second-order valence-electron chi connectivity index (χ2n) is 2.89. The Balaban J connectivity index is 3.83. The number of nitrogens with one attached hydrogen (secondary N) is 1. The lowest BCUT2D eigenvalue weighted by atomic mass is 10.3. The lowest BCUT2D eigenvalue weighted by Gasteiger charge is -2.27. The zero-order chi connectivity index (χ0) is 10.1. The summed E-state index contributed by atoms with van der Waals surface area (Å²) in [4.78, 5) is 1.99. The van der Waals surface area contributed by atoms with Crippen LogP contribution in [0.4, 0.5) is 0 Å². The van der Waals surface area contributed by atoms with Gasteiger partial charge in [-0.05, 0) is 25.7 Å². The molecular formula is C10H21N3. The molecule has 76 valence electrons. The molecule has 0 aliphatic carbocycles. The van der Waals surface area contributed by atoms with Crippen LogP contribution < -0.4 is 11.1 Å². The van der Waals surface area contributed by atoms with Crippen molar-refractivity contribution in [1.29, 1.82) is 0 Å². The Morgan fingerprint density at radius 2 is 2.31 bits per heavy atom. The second kappa shape index (κ2) is 7.68. The number of hydrogen-bond acceptors (Lipinski definition) is 3. The quantitative estimate of drug-likeness (QED) is 0.589. The van der Waals surface area contributed by atoms with Gasteiger partial charge in [-0.3, -0.25) is 5.73 Å². The van der Waals surface area contributed by atoms with E-state index in [1.807, 2.05) is 24.1 Å². The van der Waals surface area contributed by atoms with Crippen LogP contribution in [0.25, 0.3) is 0 Å². The largest absolute Gasteiger partial charge is 0.360 e.